The maximum Gasteiger partial charge on any atom is 0.326 e. The summed E-state index contributed by atoms with van der Waals surface area (Å²) in [5.74, 6) is 0.332. The second kappa shape index (κ2) is 10.1. The largest absolute Gasteiger partial charge is 0.326 e. The zero-order valence-corrected chi connectivity index (χ0v) is 20.4. The van der Waals surface area contributed by atoms with Gasteiger partial charge in [-0.05, 0) is 54.6 Å². The number of Topliss-reactive ketones (excluding diaryl/α,β-unsaturated/α-hetero) is 1. The van der Waals surface area contributed by atoms with E-state index in [4.69, 9.17) is 11.6 Å². The van der Waals surface area contributed by atoms with Crippen molar-refractivity contribution in [3.05, 3.63) is 108 Å². The van der Waals surface area contributed by atoms with Crippen molar-refractivity contribution < 1.29 is 9.59 Å². The quantitative estimate of drug-likeness (QED) is 0.292. The molecule has 0 saturated heterocycles. The van der Waals surface area contributed by atoms with Crippen molar-refractivity contribution in [3.63, 3.8) is 0 Å². The number of anilines is 2. The number of thioether (sulfide) groups is 2. The first-order chi connectivity index (χ1) is 16.6. The molecule has 0 saturated carbocycles. The first-order valence-electron chi connectivity index (χ1n) is 10.8. The van der Waals surface area contributed by atoms with Crippen LogP contribution in [0.15, 0.2) is 107 Å². The van der Waals surface area contributed by atoms with Crippen molar-refractivity contribution in [2.75, 3.05) is 16.0 Å². The average molecular weight is 505 g/mol. The van der Waals surface area contributed by atoms with Gasteiger partial charge in [0.1, 0.15) is 0 Å². The molecule has 3 aromatic rings. The van der Waals surface area contributed by atoms with Crippen molar-refractivity contribution in [2.24, 2.45) is 0 Å². The van der Waals surface area contributed by atoms with E-state index in [0.717, 1.165) is 15.5 Å². The summed E-state index contributed by atoms with van der Waals surface area (Å²) in [5.41, 5.74) is 2.23. The molecule has 1 aliphatic carbocycles. The van der Waals surface area contributed by atoms with Crippen LogP contribution in [0.4, 0.5) is 16.2 Å². The normalized spacial score (nSPS) is 18.2. The van der Waals surface area contributed by atoms with Crippen LogP contribution in [-0.4, -0.2) is 28.9 Å². The van der Waals surface area contributed by atoms with E-state index in [1.165, 1.54) is 11.8 Å². The Labute approximate surface area is 212 Å². The highest BCUT2D eigenvalue weighted by Gasteiger charge is 2.36. The zero-order chi connectivity index (χ0) is 23.5. The number of carbonyl (C=O) groups excluding carboxylic acids is 2. The van der Waals surface area contributed by atoms with Crippen LogP contribution in [-0.2, 0) is 0 Å². The molecule has 2 aliphatic rings. The van der Waals surface area contributed by atoms with E-state index >= 15 is 0 Å². The van der Waals surface area contributed by atoms with Crippen molar-refractivity contribution in [3.8, 4) is 0 Å². The second-order valence-electron chi connectivity index (χ2n) is 7.86. The maximum atomic E-state index is 13.5. The number of allylic oxidation sites excluding steroid dienone is 2. The molecule has 2 amide bonds. The Balaban J connectivity index is 1.30. The number of rotatable bonds is 5. The Hall–Kier alpha value is -2.93. The third-order valence-corrected chi connectivity index (χ3v) is 8.14. The minimum atomic E-state index is -0.179. The van der Waals surface area contributed by atoms with Gasteiger partial charge < -0.3 is 5.32 Å². The number of nitrogens with zero attached hydrogens (tertiary/aromatic N) is 1. The fourth-order valence-electron chi connectivity index (χ4n) is 3.94. The van der Waals surface area contributed by atoms with E-state index < -0.39 is 0 Å². The van der Waals surface area contributed by atoms with E-state index in [9.17, 15) is 9.59 Å². The summed E-state index contributed by atoms with van der Waals surface area (Å²) < 4.78 is 0. The molecule has 170 valence electrons. The third kappa shape index (κ3) is 4.94. The van der Waals surface area contributed by atoms with Crippen molar-refractivity contribution in [1.29, 1.82) is 0 Å². The lowest BCUT2D eigenvalue weighted by atomic mass is 10.1. The van der Waals surface area contributed by atoms with Gasteiger partial charge >= 0.3 is 6.03 Å². The molecule has 34 heavy (non-hydrogen) atoms. The number of carbonyl (C=O) groups is 2. The highest BCUT2D eigenvalue weighted by atomic mass is 35.5. The molecule has 3 aromatic carbocycles. The highest BCUT2D eigenvalue weighted by molar-refractivity contribution is 8.00. The number of hydrogen-bond acceptors (Lipinski definition) is 4. The van der Waals surface area contributed by atoms with E-state index in [0.29, 0.717) is 22.0 Å². The first kappa shape index (κ1) is 22.8. The van der Waals surface area contributed by atoms with Gasteiger partial charge in [-0.2, -0.15) is 0 Å². The number of amides is 2. The molecule has 1 heterocycles. The summed E-state index contributed by atoms with van der Waals surface area (Å²) in [6.07, 6.45) is 8.23. The molecule has 1 aliphatic heterocycles. The third-order valence-electron chi connectivity index (χ3n) is 5.58. The molecule has 1 N–H and O–H groups in total. The van der Waals surface area contributed by atoms with Gasteiger partial charge in [0.2, 0.25) is 0 Å². The van der Waals surface area contributed by atoms with Gasteiger partial charge in [0.05, 0.1) is 22.7 Å². The average Bonchev–Trinajstić information content (AvgIpc) is 2.86. The fraction of sp³-hybridized carbons (Fsp3) is 0.111. The molecule has 0 fully saturated rings. The summed E-state index contributed by atoms with van der Waals surface area (Å²) in [7, 11) is 0. The van der Waals surface area contributed by atoms with Gasteiger partial charge in [0.15, 0.2) is 5.78 Å². The lowest BCUT2D eigenvalue weighted by Gasteiger charge is -2.40. The fourth-order valence-corrected chi connectivity index (χ4v) is 6.17. The molecule has 2 unspecified atom stereocenters. The molecule has 4 nitrogen and oxygen atoms in total. The van der Waals surface area contributed by atoms with Crippen LogP contribution in [0, 0.1) is 0 Å². The van der Waals surface area contributed by atoms with Crippen molar-refractivity contribution in [2.45, 2.75) is 21.1 Å². The smallest absolute Gasteiger partial charge is 0.307 e. The summed E-state index contributed by atoms with van der Waals surface area (Å²) in [6, 6.07) is 22.2. The zero-order valence-electron chi connectivity index (χ0n) is 18.1. The van der Waals surface area contributed by atoms with Crippen molar-refractivity contribution in [1.82, 2.24) is 0 Å². The highest BCUT2D eigenvalue weighted by Crippen LogP contribution is 2.43. The predicted molar refractivity (Wildman–Crippen MR) is 143 cm³/mol. The Kier molecular flexibility index (Phi) is 6.81. The molecule has 0 bridgehead atoms. The molecule has 5 rings (SSSR count). The van der Waals surface area contributed by atoms with Gasteiger partial charge in [0, 0.05) is 26.1 Å². The Morgan fingerprint density at radius 2 is 1.76 bits per heavy atom. The van der Waals surface area contributed by atoms with Gasteiger partial charge in [-0.1, -0.05) is 54.1 Å². The number of nitrogens with one attached hydrogen (secondary N) is 1. The molecular formula is C27H21ClN2O2S2. The second-order valence-corrected chi connectivity index (χ2v) is 10.6. The minimum absolute atomic E-state index is 0.0294. The first-order valence-corrected chi connectivity index (χ1v) is 13.1. The number of fused-ring (bicyclic) bond motifs is 2. The van der Waals surface area contributed by atoms with Crippen LogP contribution in [0.5, 0.6) is 0 Å². The number of para-hydroxylation sites is 1. The van der Waals surface area contributed by atoms with Crippen LogP contribution in [0.2, 0.25) is 5.02 Å². The van der Waals surface area contributed by atoms with Crippen LogP contribution in [0.25, 0.3) is 0 Å². The maximum absolute atomic E-state index is 13.5. The van der Waals surface area contributed by atoms with Gasteiger partial charge in [-0.15, -0.1) is 23.5 Å². The van der Waals surface area contributed by atoms with E-state index in [-0.39, 0.29) is 23.1 Å². The topological polar surface area (TPSA) is 49.4 Å². The monoisotopic (exact) mass is 504 g/mol. The van der Waals surface area contributed by atoms with E-state index in [1.807, 2.05) is 59.5 Å². The number of urea groups is 1. The van der Waals surface area contributed by atoms with E-state index in [1.54, 1.807) is 36.0 Å². The van der Waals surface area contributed by atoms with Gasteiger partial charge in [-0.25, -0.2) is 4.79 Å². The molecule has 0 spiro atoms. The SMILES string of the molecule is O=C(CSc1cccc(NC(=O)N2c3ccccc3SC3C=CC=CC32)c1)c1ccc(Cl)cc1. The Bertz CT molecular complexity index is 1290. The summed E-state index contributed by atoms with van der Waals surface area (Å²) in [5, 5.41) is 3.84. The summed E-state index contributed by atoms with van der Waals surface area (Å²) in [4.78, 5) is 29.8. The van der Waals surface area contributed by atoms with E-state index in [2.05, 4.69) is 23.5 Å². The predicted octanol–water partition coefficient (Wildman–Crippen LogP) is 7.32. The summed E-state index contributed by atoms with van der Waals surface area (Å²) in [6.45, 7) is 0. The van der Waals surface area contributed by atoms with Gasteiger partial charge in [0.25, 0.3) is 0 Å². The van der Waals surface area contributed by atoms with Crippen LogP contribution in [0.3, 0.4) is 0 Å². The number of ketones is 1. The lowest BCUT2D eigenvalue weighted by Crippen LogP contribution is -2.49. The van der Waals surface area contributed by atoms with Gasteiger partial charge in [-0.3, -0.25) is 9.69 Å². The number of benzene rings is 3. The number of hydrogen-bond donors (Lipinski definition) is 1. The molecule has 0 aromatic heterocycles. The van der Waals surface area contributed by atoms with Crippen LogP contribution >= 0.6 is 35.1 Å². The molecule has 7 heteroatoms. The van der Waals surface area contributed by atoms with Crippen molar-refractivity contribution >= 4 is 58.3 Å². The minimum Gasteiger partial charge on any atom is -0.307 e. The molecular weight excluding hydrogens is 484 g/mol. The van der Waals surface area contributed by atoms with Crippen LogP contribution in [0.1, 0.15) is 10.4 Å². The lowest BCUT2D eigenvalue weighted by molar-refractivity contribution is 0.102. The Morgan fingerprint density at radius 3 is 2.62 bits per heavy atom. The summed E-state index contributed by atoms with van der Waals surface area (Å²) >= 11 is 9.12. The molecule has 0 radical (unpaired) electrons. The molecule has 2 atom stereocenters. The number of halogens is 1. The Morgan fingerprint density at radius 1 is 0.971 bits per heavy atom. The standard InChI is InChI=1S/C27H21ClN2O2S2/c28-19-14-12-18(13-15-19)24(31)17-33-21-7-5-6-20(16-21)29-27(32)30-22-8-1-3-10-25(22)34-26-11-4-2-9-23(26)30/h1-16,22,25H,17H2,(H,29,32). The van der Waals surface area contributed by atoms with Crippen LogP contribution < -0.4 is 10.2 Å².